The quantitative estimate of drug-likeness (QED) is 0.531. The van der Waals surface area contributed by atoms with E-state index in [1.165, 1.54) is 13.2 Å². The van der Waals surface area contributed by atoms with E-state index in [9.17, 15) is 9.18 Å². The highest BCUT2D eigenvalue weighted by atomic mass is 19.1. The van der Waals surface area contributed by atoms with Crippen LogP contribution in [0.4, 0.5) is 10.1 Å². The predicted octanol–water partition coefficient (Wildman–Crippen LogP) is 2.44. The van der Waals surface area contributed by atoms with Gasteiger partial charge in [0.15, 0.2) is 30.1 Å². The van der Waals surface area contributed by atoms with Crippen molar-refractivity contribution in [3.8, 4) is 5.75 Å². The number of piperidine rings is 1. The van der Waals surface area contributed by atoms with Gasteiger partial charge in [-0.05, 0) is 30.4 Å². The number of hydrogen-bond acceptors (Lipinski definition) is 5. The number of methoxy groups -OCH3 is 1. The minimum atomic E-state index is -0.452. The number of amides is 1. The first kappa shape index (κ1) is 20.9. The zero-order valence-corrected chi connectivity index (χ0v) is 18.7. The number of benzene rings is 1. The number of rotatable bonds is 5. The minimum absolute atomic E-state index is 0.0466. The van der Waals surface area contributed by atoms with Crippen LogP contribution in [0.15, 0.2) is 47.6 Å². The predicted molar refractivity (Wildman–Crippen MR) is 125 cm³/mol. The summed E-state index contributed by atoms with van der Waals surface area (Å²) in [5.74, 6) is 0.428. The van der Waals surface area contributed by atoms with Crippen LogP contribution in [0, 0.1) is 17.7 Å². The van der Waals surface area contributed by atoms with Crippen molar-refractivity contribution < 1.29 is 23.2 Å². The van der Waals surface area contributed by atoms with Crippen molar-refractivity contribution in [2.45, 2.75) is 12.5 Å². The van der Waals surface area contributed by atoms with Crippen LogP contribution >= 0.6 is 0 Å². The van der Waals surface area contributed by atoms with Gasteiger partial charge in [-0.3, -0.25) is 4.79 Å². The molecule has 2 saturated heterocycles. The lowest BCUT2D eigenvalue weighted by Crippen LogP contribution is -2.48. The van der Waals surface area contributed by atoms with Crippen molar-refractivity contribution >= 4 is 34.3 Å². The Bertz CT molecular complexity index is 1380. The number of fused-ring (bicyclic) bond motifs is 2. The average Bonchev–Trinajstić information content (AvgIpc) is 3.26. The summed E-state index contributed by atoms with van der Waals surface area (Å²) in [6, 6.07) is 4.99. The molecule has 34 heavy (non-hydrogen) atoms. The van der Waals surface area contributed by atoms with Gasteiger partial charge in [0.1, 0.15) is 12.0 Å². The van der Waals surface area contributed by atoms with Crippen LogP contribution in [0.1, 0.15) is 12.1 Å². The number of allylic oxidation sites excluding steroid dienone is 3. The second-order valence-electron chi connectivity index (χ2n) is 8.96. The summed E-state index contributed by atoms with van der Waals surface area (Å²) in [5, 5.41) is 6.78. The first-order valence-corrected chi connectivity index (χ1v) is 11.5. The molecule has 3 aliphatic heterocycles. The third kappa shape index (κ3) is 3.62. The molecule has 0 spiro atoms. The van der Waals surface area contributed by atoms with Gasteiger partial charge in [0.05, 0.1) is 29.3 Å². The number of ether oxygens (including phenoxy) is 2. The van der Waals surface area contributed by atoms with Gasteiger partial charge in [-0.15, -0.1) is 0 Å². The zero-order valence-electron chi connectivity index (χ0n) is 18.7. The molecule has 1 aliphatic carbocycles. The van der Waals surface area contributed by atoms with Gasteiger partial charge in [-0.25, -0.2) is 13.9 Å². The van der Waals surface area contributed by atoms with Crippen molar-refractivity contribution in [3.63, 3.8) is 0 Å². The molecule has 0 saturated carbocycles. The number of hydrogen-bond donors (Lipinski definition) is 2. The number of halogens is 1. The minimum Gasteiger partial charge on any atom is -0.494 e. The van der Waals surface area contributed by atoms with E-state index in [4.69, 9.17) is 14.5 Å². The summed E-state index contributed by atoms with van der Waals surface area (Å²) >= 11 is 0. The molecule has 0 bridgehead atoms. The van der Waals surface area contributed by atoms with E-state index in [0.29, 0.717) is 35.4 Å². The largest absolute Gasteiger partial charge is 0.494 e. The molecule has 6 rings (SSSR count). The molecule has 4 aliphatic rings. The van der Waals surface area contributed by atoms with Crippen molar-refractivity contribution in [1.82, 2.24) is 15.6 Å². The molecule has 1 aromatic carbocycles. The van der Waals surface area contributed by atoms with E-state index in [1.807, 2.05) is 24.4 Å². The molecular weight excluding hydrogens is 435 g/mol. The van der Waals surface area contributed by atoms with Gasteiger partial charge in [-0.2, -0.15) is 0 Å². The Hall–Kier alpha value is -3.70. The number of carbonyl (C=O) groups excluding carboxylic acids is 1. The summed E-state index contributed by atoms with van der Waals surface area (Å²) in [6.45, 7) is 3.04. The van der Waals surface area contributed by atoms with E-state index in [2.05, 4.69) is 26.7 Å². The van der Waals surface area contributed by atoms with Crippen LogP contribution in [-0.2, 0) is 9.53 Å². The second-order valence-corrected chi connectivity index (χ2v) is 8.96. The molecule has 2 unspecified atom stereocenters. The molecule has 4 heterocycles. The fraction of sp³-hybridized carbons (Fsp3) is 0.346. The highest BCUT2D eigenvalue weighted by molar-refractivity contribution is 5.96. The molecule has 8 heteroatoms. The SMILES string of the molecule is COc1cc2nc(C3=C=C=C(OC4CNC4)C=C3)cc([N+]3=CC4C(=O)NCCC4C3)c2cc1F. The van der Waals surface area contributed by atoms with Gasteiger partial charge in [-0.1, -0.05) is 5.73 Å². The maximum absolute atomic E-state index is 14.7. The Morgan fingerprint density at radius 3 is 2.79 bits per heavy atom. The second kappa shape index (κ2) is 8.26. The monoisotopic (exact) mass is 459 g/mol. The molecule has 2 atom stereocenters. The molecular formula is C26H24FN4O3+. The van der Waals surface area contributed by atoms with Crippen LogP contribution in [0.2, 0.25) is 0 Å². The first-order valence-electron chi connectivity index (χ1n) is 11.5. The summed E-state index contributed by atoms with van der Waals surface area (Å²) in [5.41, 5.74) is 9.07. The highest BCUT2D eigenvalue weighted by Gasteiger charge is 2.42. The standard InChI is InChI=1S/C26H23FN4O3/c1-33-25-10-23-19(8-21(25)27)24(31-13-16-6-7-29-26(32)20(16)14-31)9-22(30-23)15-2-4-17(5-3-15)34-18-11-28-12-18/h2,4,8-10,14,16,18,20,28H,6-7,11-13H2,1H3/p+1. The lowest BCUT2D eigenvalue weighted by Gasteiger charge is -2.27. The van der Waals surface area contributed by atoms with Gasteiger partial charge >= 0.3 is 0 Å². The van der Waals surface area contributed by atoms with E-state index in [-0.39, 0.29) is 29.6 Å². The maximum atomic E-state index is 14.7. The van der Waals surface area contributed by atoms with Crippen molar-refractivity contribution in [2.75, 3.05) is 33.3 Å². The molecule has 7 nitrogen and oxygen atoms in total. The molecule has 172 valence electrons. The van der Waals surface area contributed by atoms with Gasteiger partial charge < -0.3 is 20.1 Å². The van der Waals surface area contributed by atoms with Gasteiger partial charge in [0.25, 0.3) is 0 Å². The normalized spacial score (nSPS) is 23.6. The summed E-state index contributed by atoms with van der Waals surface area (Å²) in [7, 11) is 1.44. The fourth-order valence-electron chi connectivity index (χ4n) is 4.83. The topological polar surface area (TPSA) is 75.5 Å². The van der Waals surface area contributed by atoms with Crippen LogP contribution < -0.4 is 15.4 Å². The molecule has 1 aromatic heterocycles. The Morgan fingerprint density at radius 1 is 1.21 bits per heavy atom. The van der Waals surface area contributed by atoms with Gasteiger partial charge in [0, 0.05) is 37.7 Å². The van der Waals surface area contributed by atoms with Crippen molar-refractivity contribution in [1.29, 1.82) is 0 Å². The third-order valence-electron chi connectivity index (χ3n) is 6.80. The molecule has 2 aromatic rings. The lowest BCUT2D eigenvalue weighted by atomic mass is 9.89. The zero-order chi connectivity index (χ0) is 23.2. The Morgan fingerprint density at radius 2 is 2.09 bits per heavy atom. The molecule has 2 N–H and O–H groups in total. The van der Waals surface area contributed by atoms with Crippen molar-refractivity contribution in [2.24, 2.45) is 11.8 Å². The van der Waals surface area contributed by atoms with E-state index < -0.39 is 5.82 Å². The third-order valence-corrected chi connectivity index (χ3v) is 6.80. The molecule has 2 fully saturated rings. The van der Waals surface area contributed by atoms with Crippen LogP contribution in [0.25, 0.3) is 16.5 Å². The summed E-state index contributed by atoms with van der Waals surface area (Å²) in [4.78, 5) is 17.2. The lowest BCUT2D eigenvalue weighted by molar-refractivity contribution is -0.431. The van der Waals surface area contributed by atoms with Crippen LogP contribution in [0.5, 0.6) is 5.75 Å². The number of aromatic nitrogens is 1. The summed E-state index contributed by atoms with van der Waals surface area (Å²) in [6.07, 6.45) is 6.80. The smallest absolute Gasteiger partial charge is 0.233 e. The van der Waals surface area contributed by atoms with E-state index in [0.717, 1.165) is 30.8 Å². The van der Waals surface area contributed by atoms with E-state index >= 15 is 0 Å². The number of nitrogens with one attached hydrogen (secondary N) is 2. The van der Waals surface area contributed by atoms with Crippen molar-refractivity contribution in [3.05, 3.63) is 59.1 Å². The maximum Gasteiger partial charge on any atom is 0.233 e. The number of carbonyl (C=O) groups is 1. The Kier molecular flexibility index (Phi) is 5.07. The molecule has 1 amide bonds. The van der Waals surface area contributed by atoms with Crippen LogP contribution in [-0.4, -0.2) is 61.1 Å². The number of pyridine rings is 1. The highest BCUT2D eigenvalue weighted by Crippen LogP contribution is 2.36. The summed E-state index contributed by atoms with van der Waals surface area (Å²) < 4.78 is 27.8. The Labute approximate surface area is 196 Å². The average molecular weight is 460 g/mol. The fourth-order valence-corrected chi connectivity index (χ4v) is 4.83. The van der Waals surface area contributed by atoms with E-state index in [1.54, 1.807) is 6.07 Å². The Balaban J connectivity index is 1.47. The first-order chi connectivity index (χ1) is 16.6. The number of nitrogens with zero attached hydrogens (tertiary/aromatic N) is 2. The van der Waals surface area contributed by atoms with Crippen LogP contribution in [0.3, 0.4) is 0 Å². The van der Waals surface area contributed by atoms with Gasteiger partial charge in [0.2, 0.25) is 11.6 Å². The molecule has 0 radical (unpaired) electrons.